The van der Waals surface area contributed by atoms with E-state index in [2.05, 4.69) is 20.8 Å². The molecule has 2 fully saturated rings. The lowest BCUT2D eigenvalue weighted by Crippen LogP contribution is -2.49. The summed E-state index contributed by atoms with van der Waals surface area (Å²) in [5.74, 6) is 1.02. The molecule has 98 valence electrons. The van der Waals surface area contributed by atoms with E-state index in [4.69, 9.17) is 0 Å². The smallest absolute Gasteiger partial charge is 0.264 e. The Morgan fingerprint density at radius 1 is 1.22 bits per heavy atom. The second-order valence-electron chi connectivity index (χ2n) is 5.36. The van der Waals surface area contributed by atoms with Gasteiger partial charge in [0.25, 0.3) is 5.91 Å². The van der Waals surface area contributed by atoms with Crippen LogP contribution >= 0.6 is 27.3 Å². The number of rotatable bonds is 1. The van der Waals surface area contributed by atoms with Crippen LogP contribution in [-0.2, 0) is 0 Å². The Morgan fingerprint density at radius 3 is 2.78 bits per heavy atom. The predicted octanol–water partition coefficient (Wildman–Crippen LogP) is 4.31. The van der Waals surface area contributed by atoms with Crippen LogP contribution in [0.25, 0.3) is 0 Å². The molecule has 18 heavy (non-hydrogen) atoms. The van der Waals surface area contributed by atoms with Crippen molar-refractivity contribution in [3.63, 3.8) is 0 Å². The molecule has 1 amide bonds. The van der Waals surface area contributed by atoms with E-state index in [1.165, 1.54) is 38.5 Å². The second kappa shape index (κ2) is 5.33. The number of carbonyl (C=O) groups is 1. The minimum atomic E-state index is 0.252. The Labute approximate surface area is 120 Å². The van der Waals surface area contributed by atoms with Crippen molar-refractivity contribution in [1.29, 1.82) is 0 Å². The zero-order valence-corrected chi connectivity index (χ0v) is 12.8. The molecule has 2 atom stereocenters. The van der Waals surface area contributed by atoms with Gasteiger partial charge < -0.3 is 4.90 Å². The Bertz CT molecular complexity index is 443. The van der Waals surface area contributed by atoms with E-state index in [9.17, 15) is 4.79 Å². The molecule has 3 rings (SSSR count). The van der Waals surface area contributed by atoms with Crippen molar-refractivity contribution in [2.24, 2.45) is 5.92 Å². The number of halogens is 1. The summed E-state index contributed by atoms with van der Waals surface area (Å²) in [7, 11) is 0. The quantitative estimate of drug-likeness (QED) is 0.752. The number of likely N-dealkylation sites (tertiary alicyclic amines) is 1. The third-order valence-corrected chi connectivity index (χ3v) is 5.90. The molecule has 0 aromatic carbocycles. The van der Waals surface area contributed by atoms with Gasteiger partial charge in [0.2, 0.25) is 0 Å². The number of carbonyl (C=O) groups excluding carboxylic acids is 1. The fourth-order valence-corrected chi connectivity index (χ4v) is 4.79. The summed E-state index contributed by atoms with van der Waals surface area (Å²) < 4.78 is 1.04. The molecule has 0 radical (unpaired) electrons. The van der Waals surface area contributed by atoms with Gasteiger partial charge in [0.05, 0.1) is 8.66 Å². The van der Waals surface area contributed by atoms with E-state index in [1.807, 2.05) is 12.1 Å². The molecule has 2 aliphatic rings. The van der Waals surface area contributed by atoms with Gasteiger partial charge in [-0.1, -0.05) is 12.8 Å². The number of thiophene rings is 1. The maximum atomic E-state index is 12.6. The average Bonchev–Trinajstić information content (AvgIpc) is 2.84. The highest BCUT2D eigenvalue weighted by molar-refractivity contribution is 9.11. The van der Waals surface area contributed by atoms with Crippen molar-refractivity contribution >= 4 is 33.2 Å². The van der Waals surface area contributed by atoms with Crippen LogP contribution in [0.3, 0.4) is 0 Å². The van der Waals surface area contributed by atoms with Gasteiger partial charge in [0, 0.05) is 12.6 Å². The van der Waals surface area contributed by atoms with Crippen LogP contribution in [-0.4, -0.2) is 23.4 Å². The lowest BCUT2D eigenvalue weighted by molar-refractivity contribution is 0.0395. The number of amides is 1. The summed E-state index contributed by atoms with van der Waals surface area (Å²) in [5.41, 5.74) is 0. The van der Waals surface area contributed by atoms with Crippen LogP contribution in [0.2, 0.25) is 0 Å². The molecule has 1 aliphatic carbocycles. The predicted molar refractivity (Wildman–Crippen MR) is 78.0 cm³/mol. The van der Waals surface area contributed by atoms with Gasteiger partial charge in [-0.3, -0.25) is 4.79 Å². The van der Waals surface area contributed by atoms with E-state index in [1.54, 1.807) is 11.3 Å². The fourth-order valence-electron chi connectivity index (χ4n) is 3.45. The van der Waals surface area contributed by atoms with Gasteiger partial charge in [-0.25, -0.2) is 0 Å². The standard InChI is InChI=1S/C14H18BrNOS/c15-13-8-7-12(18-13)14(17)16-9-3-5-10-4-1-2-6-11(10)16/h7-8,10-11H,1-6,9H2/t10-,11-/m1/s1. The maximum Gasteiger partial charge on any atom is 0.264 e. The van der Waals surface area contributed by atoms with Crippen molar-refractivity contribution in [2.45, 2.75) is 44.6 Å². The summed E-state index contributed by atoms with van der Waals surface area (Å²) >= 11 is 5.00. The minimum Gasteiger partial charge on any atom is -0.335 e. The lowest BCUT2D eigenvalue weighted by atomic mass is 9.78. The van der Waals surface area contributed by atoms with Gasteiger partial charge in [-0.2, -0.15) is 0 Å². The van der Waals surface area contributed by atoms with E-state index >= 15 is 0 Å². The summed E-state index contributed by atoms with van der Waals surface area (Å²) in [6, 6.07) is 4.44. The molecule has 1 saturated carbocycles. The molecular formula is C14H18BrNOS. The van der Waals surface area contributed by atoms with Gasteiger partial charge >= 0.3 is 0 Å². The molecule has 0 spiro atoms. The molecule has 2 heterocycles. The summed E-state index contributed by atoms with van der Waals surface area (Å²) in [6.45, 7) is 0.954. The molecule has 2 nitrogen and oxygen atoms in total. The normalized spacial score (nSPS) is 27.9. The molecule has 1 aromatic heterocycles. The lowest BCUT2D eigenvalue weighted by Gasteiger charge is -2.44. The molecule has 4 heteroatoms. The van der Waals surface area contributed by atoms with Crippen molar-refractivity contribution < 1.29 is 4.79 Å². The number of nitrogens with zero attached hydrogens (tertiary/aromatic N) is 1. The molecule has 1 saturated heterocycles. The van der Waals surface area contributed by atoms with Gasteiger partial charge in [0.1, 0.15) is 0 Å². The van der Waals surface area contributed by atoms with E-state index in [0.717, 1.165) is 21.1 Å². The molecular weight excluding hydrogens is 310 g/mol. The second-order valence-corrected chi connectivity index (χ2v) is 7.82. The molecule has 1 aromatic rings. The molecule has 1 aliphatic heterocycles. The number of hydrogen-bond donors (Lipinski definition) is 0. The van der Waals surface area contributed by atoms with Crippen LogP contribution in [0.4, 0.5) is 0 Å². The van der Waals surface area contributed by atoms with E-state index in [0.29, 0.717) is 6.04 Å². The Kier molecular flexibility index (Phi) is 3.76. The Morgan fingerprint density at radius 2 is 2.00 bits per heavy atom. The third-order valence-electron chi connectivity index (χ3n) is 4.29. The SMILES string of the molecule is O=C(c1ccc(Br)s1)N1CCC[C@H]2CCCC[C@H]21. The third kappa shape index (κ3) is 2.37. The first-order valence-electron chi connectivity index (χ1n) is 6.82. The molecule has 0 unspecified atom stereocenters. The van der Waals surface area contributed by atoms with Gasteiger partial charge in [-0.05, 0) is 59.7 Å². The van der Waals surface area contributed by atoms with Crippen LogP contribution in [0.15, 0.2) is 15.9 Å². The van der Waals surface area contributed by atoms with Crippen LogP contribution in [0, 0.1) is 5.92 Å². The molecule has 0 bridgehead atoms. The largest absolute Gasteiger partial charge is 0.335 e. The fraction of sp³-hybridized carbons (Fsp3) is 0.643. The zero-order valence-electron chi connectivity index (χ0n) is 10.4. The Hall–Kier alpha value is -0.350. The van der Waals surface area contributed by atoms with Crippen molar-refractivity contribution in [1.82, 2.24) is 4.90 Å². The summed E-state index contributed by atoms with van der Waals surface area (Å²) in [5, 5.41) is 0. The highest BCUT2D eigenvalue weighted by atomic mass is 79.9. The summed E-state index contributed by atoms with van der Waals surface area (Å²) in [6.07, 6.45) is 7.68. The van der Waals surface area contributed by atoms with E-state index < -0.39 is 0 Å². The monoisotopic (exact) mass is 327 g/mol. The van der Waals surface area contributed by atoms with Crippen molar-refractivity contribution in [3.05, 3.63) is 20.8 Å². The minimum absolute atomic E-state index is 0.252. The highest BCUT2D eigenvalue weighted by Crippen LogP contribution is 2.36. The first-order chi connectivity index (χ1) is 8.75. The summed E-state index contributed by atoms with van der Waals surface area (Å²) in [4.78, 5) is 15.6. The van der Waals surface area contributed by atoms with Crippen LogP contribution in [0.5, 0.6) is 0 Å². The highest BCUT2D eigenvalue weighted by Gasteiger charge is 2.36. The van der Waals surface area contributed by atoms with Gasteiger partial charge in [-0.15, -0.1) is 11.3 Å². The van der Waals surface area contributed by atoms with E-state index in [-0.39, 0.29) is 5.91 Å². The van der Waals surface area contributed by atoms with Crippen molar-refractivity contribution in [3.8, 4) is 0 Å². The number of hydrogen-bond acceptors (Lipinski definition) is 2. The first-order valence-corrected chi connectivity index (χ1v) is 8.43. The van der Waals surface area contributed by atoms with Crippen LogP contribution < -0.4 is 0 Å². The average molecular weight is 328 g/mol. The molecule has 0 N–H and O–H groups in total. The Balaban J connectivity index is 1.79. The number of piperidine rings is 1. The van der Waals surface area contributed by atoms with Crippen molar-refractivity contribution in [2.75, 3.05) is 6.54 Å². The van der Waals surface area contributed by atoms with Crippen LogP contribution in [0.1, 0.15) is 48.2 Å². The number of fused-ring (bicyclic) bond motifs is 1. The maximum absolute atomic E-state index is 12.6. The topological polar surface area (TPSA) is 20.3 Å². The first kappa shape index (κ1) is 12.7. The zero-order chi connectivity index (χ0) is 12.5. The van der Waals surface area contributed by atoms with Gasteiger partial charge in [0.15, 0.2) is 0 Å².